The summed E-state index contributed by atoms with van der Waals surface area (Å²) in [6.07, 6.45) is 8.06. The minimum atomic E-state index is -2.63. The summed E-state index contributed by atoms with van der Waals surface area (Å²) in [6, 6.07) is 11.2. The summed E-state index contributed by atoms with van der Waals surface area (Å²) in [5.41, 5.74) is -0.331. The van der Waals surface area contributed by atoms with Crippen molar-refractivity contribution in [3.63, 3.8) is 0 Å². The first-order valence-electron chi connectivity index (χ1n) is 15.7. The second-order valence-electron chi connectivity index (χ2n) is 14.2. The van der Waals surface area contributed by atoms with Gasteiger partial charge in [0.2, 0.25) is 5.78 Å². The quantitative estimate of drug-likeness (QED) is 0.256. The van der Waals surface area contributed by atoms with Crippen LogP contribution >= 0.6 is 0 Å². The largest absolute Gasteiger partial charge is 0.511 e. The van der Waals surface area contributed by atoms with E-state index in [2.05, 4.69) is 18.7 Å². The van der Waals surface area contributed by atoms with Crippen molar-refractivity contribution in [2.24, 2.45) is 22.7 Å². The van der Waals surface area contributed by atoms with E-state index in [1.807, 2.05) is 51.1 Å². The Balaban J connectivity index is 1.47. The molecule has 4 N–H and O–H groups in total. The maximum Gasteiger partial charge on any atom is 0.209 e. The number of aliphatic hydroxyl groups is 3. The summed E-state index contributed by atoms with van der Waals surface area (Å²) in [7, 11) is 0. The summed E-state index contributed by atoms with van der Waals surface area (Å²) < 4.78 is 0. The molecular formula is C39H40O7. The highest BCUT2D eigenvalue weighted by atomic mass is 16.3. The molecule has 0 heterocycles. The number of hydrogen-bond acceptors (Lipinski definition) is 7. The smallest absolute Gasteiger partial charge is 0.209 e. The summed E-state index contributed by atoms with van der Waals surface area (Å²) in [5.74, 6) is -5.22. The minimum Gasteiger partial charge on any atom is -0.511 e. The van der Waals surface area contributed by atoms with Crippen molar-refractivity contribution in [1.29, 1.82) is 0 Å². The van der Waals surface area contributed by atoms with Crippen molar-refractivity contribution in [2.75, 3.05) is 0 Å². The molecule has 0 bridgehead atoms. The van der Waals surface area contributed by atoms with Gasteiger partial charge in [0.05, 0.1) is 5.56 Å². The number of phenols is 1. The summed E-state index contributed by atoms with van der Waals surface area (Å²) in [5, 5.41) is 46.4. The zero-order valence-electron chi connectivity index (χ0n) is 26.9. The van der Waals surface area contributed by atoms with Crippen LogP contribution in [0.15, 0.2) is 95.0 Å². The zero-order chi connectivity index (χ0) is 33.5. The molecule has 6 rings (SSSR count). The molecule has 238 valence electrons. The van der Waals surface area contributed by atoms with E-state index in [4.69, 9.17) is 0 Å². The topological polar surface area (TPSA) is 132 Å². The van der Waals surface area contributed by atoms with Crippen molar-refractivity contribution in [3.8, 4) is 16.9 Å². The van der Waals surface area contributed by atoms with Crippen LogP contribution in [0, 0.1) is 22.7 Å². The predicted molar refractivity (Wildman–Crippen MR) is 175 cm³/mol. The first kappa shape index (κ1) is 31.5. The maximum atomic E-state index is 14.3. The van der Waals surface area contributed by atoms with E-state index >= 15 is 0 Å². The number of rotatable bonds is 6. The first-order valence-corrected chi connectivity index (χ1v) is 15.7. The standard InChI is InChI=1S/C39H40O7/c1-20(2)31-33(42)29(22(4)40)35(44)39(46)36(45)32-34(43)30-27(18-37(32,5)19-38(31,39)6)26(15-16-28(30)41)25-13-11-23(12-14-25)17-21(3)24-9-7-8-10-24/h7-9,11-16,20,31,41-42,45-46H,3,10,17-19H2,1-2,4-6H3/t31?,37-,38-,39+/m1/s1. The van der Waals surface area contributed by atoms with Gasteiger partial charge in [0.1, 0.15) is 22.8 Å². The van der Waals surface area contributed by atoms with E-state index < -0.39 is 56.8 Å². The molecule has 0 aliphatic heterocycles. The van der Waals surface area contributed by atoms with Crippen LogP contribution in [0.1, 0.15) is 68.9 Å². The molecule has 0 spiro atoms. The van der Waals surface area contributed by atoms with Gasteiger partial charge in [0.15, 0.2) is 17.2 Å². The summed E-state index contributed by atoms with van der Waals surface area (Å²) in [6.45, 7) is 12.4. The van der Waals surface area contributed by atoms with E-state index in [0.717, 1.165) is 35.6 Å². The molecule has 2 aromatic carbocycles. The zero-order valence-corrected chi connectivity index (χ0v) is 26.9. The molecule has 4 atom stereocenters. The SMILES string of the molecule is C=C(Cc1ccc(-c2ccc(O)c3c2C[C@]2(C)C[C@]4(C)C(C(C)C)C(O)=C(C(C)=O)C(=O)[C@]4(O)C(O)=C2C3=O)cc1)C1=CC=CC1. The highest BCUT2D eigenvalue weighted by Gasteiger charge is 2.71. The average Bonchev–Trinajstić information content (AvgIpc) is 3.51. The molecule has 0 saturated carbocycles. The molecule has 0 radical (unpaired) electrons. The highest BCUT2D eigenvalue weighted by molar-refractivity contribution is 6.25. The number of hydrogen-bond donors (Lipinski definition) is 4. The number of benzene rings is 2. The van der Waals surface area contributed by atoms with Gasteiger partial charge in [-0.2, -0.15) is 0 Å². The van der Waals surface area contributed by atoms with E-state index in [1.165, 1.54) is 11.6 Å². The molecule has 0 aromatic heterocycles. The lowest BCUT2D eigenvalue weighted by Crippen LogP contribution is -2.67. The van der Waals surface area contributed by atoms with Crippen molar-refractivity contribution < 1.29 is 34.8 Å². The Hall–Kier alpha value is -4.49. The third-order valence-electron chi connectivity index (χ3n) is 10.8. The van der Waals surface area contributed by atoms with Gasteiger partial charge in [-0.15, -0.1) is 0 Å². The number of allylic oxidation sites excluding steroid dienone is 7. The Morgan fingerprint density at radius 2 is 1.72 bits per heavy atom. The van der Waals surface area contributed by atoms with Crippen molar-refractivity contribution in [3.05, 3.63) is 112 Å². The van der Waals surface area contributed by atoms with Gasteiger partial charge in [0, 0.05) is 22.3 Å². The number of ketones is 3. The number of Topliss-reactive ketones (excluding diaryl/α,β-unsaturated/α-hetero) is 3. The van der Waals surface area contributed by atoms with Gasteiger partial charge in [-0.1, -0.05) is 82.8 Å². The normalized spacial score (nSPS) is 28.7. The Bertz CT molecular complexity index is 1870. The van der Waals surface area contributed by atoms with Gasteiger partial charge in [0.25, 0.3) is 0 Å². The molecule has 0 saturated heterocycles. The van der Waals surface area contributed by atoms with Crippen LogP contribution in [0.5, 0.6) is 5.75 Å². The number of fused-ring (bicyclic) bond motifs is 3. The van der Waals surface area contributed by atoms with Gasteiger partial charge in [-0.05, 0) is 78.0 Å². The number of carbonyl (C=O) groups is 3. The van der Waals surface area contributed by atoms with Gasteiger partial charge in [-0.25, -0.2) is 0 Å². The molecule has 4 aliphatic rings. The van der Waals surface area contributed by atoms with Crippen LogP contribution in [0.2, 0.25) is 0 Å². The minimum absolute atomic E-state index is 0.00991. The van der Waals surface area contributed by atoms with Crippen LogP contribution in [0.4, 0.5) is 0 Å². The van der Waals surface area contributed by atoms with Crippen LogP contribution in [-0.4, -0.2) is 43.4 Å². The molecule has 0 amide bonds. The molecule has 0 fully saturated rings. The Labute approximate surface area is 269 Å². The molecule has 7 nitrogen and oxygen atoms in total. The van der Waals surface area contributed by atoms with E-state index in [-0.39, 0.29) is 35.6 Å². The Kier molecular flexibility index (Phi) is 7.21. The van der Waals surface area contributed by atoms with Crippen molar-refractivity contribution in [2.45, 2.75) is 65.9 Å². The van der Waals surface area contributed by atoms with Gasteiger partial charge < -0.3 is 20.4 Å². The van der Waals surface area contributed by atoms with E-state index in [0.29, 0.717) is 12.0 Å². The lowest BCUT2D eigenvalue weighted by Gasteiger charge is -2.59. The Morgan fingerprint density at radius 3 is 2.30 bits per heavy atom. The lowest BCUT2D eigenvalue weighted by atomic mass is 9.44. The molecule has 7 heteroatoms. The number of phenolic OH excluding ortho intramolecular Hbond substituents is 1. The second kappa shape index (κ2) is 10.5. The van der Waals surface area contributed by atoms with Gasteiger partial charge in [-0.3, -0.25) is 14.4 Å². The average molecular weight is 621 g/mol. The fourth-order valence-electron chi connectivity index (χ4n) is 8.87. The third kappa shape index (κ3) is 4.24. The van der Waals surface area contributed by atoms with Crippen LogP contribution in [0.25, 0.3) is 11.1 Å². The van der Waals surface area contributed by atoms with Gasteiger partial charge >= 0.3 is 0 Å². The summed E-state index contributed by atoms with van der Waals surface area (Å²) >= 11 is 0. The molecular weight excluding hydrogens is 580 g/mol. The van der Waals surface area contributed by atoms with Crippen LogP contribution < -0.4 is 0 Å². The van der Waals surface area contributed by atoms with Crippen LogP contribution in [-0.2, 0) is 22.4 Å². The molecule has 4 aliphatic carbocycles. The molecule has 46 heavy (non-hydrogen) atoms. The predicted octanol–water partition coefficient (Wildman–Crippen LogP) is 7.00. The fraction of sp³-hybridized carbons (Fsp3) is 0.359. The summed E-state index contributed by atoms with van der Waals surface area (Å²) in [4.78, 5) is 40.8. The number of aromatic hydroxyl groups is 1. The second-order valence-corrected chi connectivity index (χ2v) is 14.2. The lowest BCUT2D eigenvalue weighted by molar-refractivity contribution is -0.171. The highest BCUT2D eigenvalue weighted by Crippen LogP contribution is 2.65. The number of carbonyl (C=O) groups excluding carboxylic acids is 3. The Morgan fingerprint density at radius 1 is 1.04 bits per heavy atom. The fourth-order valence-corrected chi connectivity index (χ4v) is 8.87. The number of aliphatic hydroxyl groups excluding tert-OH is 2. The van der Waals surface area contributed by atoms with E-state index in [9.17, 15) is 34.8 Å². The van der Waals surface area contributed by atoms with Crippen molar-refractivity contribution >= 4 is 17.3 Å². The van der Waals surface area contributed by atoms with Crippen molar-refractivity contribution in [1.82, 2.24) is 0 Å². The molecule has 2 aromatic rings. The first-order chi connectivity index (χ1) is 21.6. The van der Waals surface area contributed by atoms with E-state index in [1.54, 1.807) is 13.0 Å². The third-order valence-corrected chi connectivity index (χ3v) is 10.8. The monoisotopic (exact) mass is 620 g/mol. The maximum absolute atomic E-state index is 14.3. The molecule has 1 unspecified atom stereocenters. The van der Waals surface area contributed by atoms with Crippen LogP contribution in [0.3, 0.4) is 0 Å².